The quantitative estimate of drug-likeness (QED) is 0.0716. The molecule has 0 radical (unpaired) electrons. The summed E-state index contributed by atoms with van der Waals surface area (Å²) in [6.07, 6.45) is -7.93. The molecule has 1 heterocycles. The van der Waals surface area contributed by atoms with E-state index in [9.17, 15) is 39.6 Å². The van der Waals surface area contributed by atoms with Crippen molar-refractivity contribution in [3.63, 3.8) is 0 Å². The number of carbonyl (C=O) groups is 4. The van der Waals surface area contributed by atoms with Gasteiger partial charge in [0, 0.05) is 29.7 Å². The van der Waals surface area contributed by atoms with Gasteiger partial charge in [0.1, 0.15) is 36.3 Å². The molecule has 326 valence electrons. The largest absolute Gasteiger partial charge is 0.456 e. The Morgan fingerprint density at radius 1 is 0.902 bits per heavy atom. The molecular weight excluding hydrogens is 807 g/mol. The van der Waals surface area contributed by atoms with Gasteiger partial charge in [-0.05, 0) is 61.1 Å². The second-order valence-corrected chi connectivity index (χ2v) is 17.9. The van der Waals surface area contributed by atoms with Gasteiger partial charge in [-0.1, -0.05) is 80.6 Å². The molecule has 3 aromatic carbocycles. The number of Topliss-reactive ketones (excluding diaryl/α,β-unsaturated/α-hetero) is 1. The highest BCUT2D eigenvalue weighted by molar-refractivity contribution is 7.98. The molecule has 1 aliphatic heterocycles. The Kier molecular flexibility index (Phi) is 12.7. The van der Waals surface area contributed by atoms with Crippen LogP contribution < -0.4 is 5.32 Å². The van der Waals surface area contributed by atoms with Crippen LogP contribution in [0.4, 0.5) is 0 Å². The van der Waals surface area contributed by atoms with Crippen LogP contribution in [-0.4, -0.2) is 117 Å². The number of carbonyl (C=O) groups excluding carboxylic acids is 4. The number of ketones is 1. The van der Waals surface area contributed by atoms with Crippen molar-refractivity contribution in [3.8, 4) is 0 Å². The fourth-order valence-corrected chi connectivity index (χ4v) is 10.2. The zero-order chi connectivity index (χ0) is 43.9. The summed E-state index contributed by atoms with van der Waals surface area (Å²) in [6, 6.07) is 23.9. The number of thioether (sulfide) groups is 1. The lowest BCUT2D eigenvalue weighted by Gasteiger charge is -2.66. The third kappa shape index (κ3) is 7.73. The Balaban J connectivity index is 1.34. The number of ether oxygens (including phenoxy) is 5. The van der Waals surface area contributed by atoms with E-state index in [0.29, 0.717) is 11.1 Å². The minimum atomic E-state index is -2.30. The molecule has 4 aliphatic rings. The first-order valence-electron chi connectivity index (χ1n) is 20.2. The number of rotatable bonds is 13. The number of nitrogens with one attached hydrogen (secondary N) is 1. The topological polar surface area (TPSA) is 207 Å². The van der Waals surface area contributed by atoms with Crippen LogP contribution in [0.1, 0.15) is 72.9 Å². The molecule has 5 N–H and O–H groups in total. The second-order valence-electron chi connectivity index (χ2n) is 17.1. The van der Waals surface area contributed by atoms with E-state index in [1.807, 2.05) is 6.26 Å². The summed E-state index contributed by atoms with van der Waals surface area (Å²) in [7, 11) is 0. The number of benzene rings is 3. The third-order valence-electron chi connectivity index (χ3n) is 13.4. The molecule has 3 aliphatic carbocycles. The highest BCUT2D eigenvalue weighted by Crippen LogP contribution is 2.63. The van der Waals surface area contributed by atoms with E-state index in [0.717, 1.165) is 0 Å². The molecule has 3 aromatic rings. The standard InChI is InChI=1S/C46H53NO13S/c1-26-30(59-42(53)36(58-24-56-25-61-5)34(27-15-9-6-10-16-27)47-40(51)28-17-11-7-12-18-28)22-46(55)39(60-41(52)29-19-13-8-14-20-29)37-44(4,31(48)21-32-45(37,54)23-57-32)38(50)35(49)33(26)43(46,2)3/h6-20,30-32,34-37,39,48-49,54-55H,21-25H2,1-5H3,(H,47,51)/t30?,31?,32?,34?,35?,36?,37?,39?,44-,45+,46?/m1/s1. The SMILES string of the molecule is CSCOCOC(C(=O)OC1CC2(O)C(OC(=O)c3ccccc3)C3[C@]4(O)COC4CC(O)[C@@]3(C)C(=O)C(O)C(=C1C)C2(C)C)C(NC(=O)c1ccccc1)c1ccccc1. The minimum absolute atomic E-state index is 0.00609. The van der Waals surface area contributed by atoms with Crippen molar-refractivity contribution in [1.82, 2.24) is 5.32 Å². The van der Waals surface area contributed by atoms with Crippen LogP contribution in [-0.2, 0) is 33.3 Å². The van der Waals surface area contributed by atoms with Crippen molar-refractivity contribution in [1.29, 1.82) is 0 Å². The van der Waals surface area contributed by atoms with Crippen molar-refractivity contribution < 1.29 is 63.3 Å². The molecular formula is C46H53NO13S. The predicted octanol–water partition coefficient (Wildman–Crippen LogP) is 3.91. The molecule has 0 aromatic heterocycles. The van der Waals surface area contributed by atoms with Gasteiger partial charge < -0.3 is 49.4 Å². The molecule has 0 spiro atoms. The van der Waals surface area contributed by atoms with Gasteiger partial charge in [0.15, 0.2) is 11.9 Å². The first-order chi connectivity index (χ1) is 29.0. The summed E-state index contributed by atoms with van der Waals surface area (Å²) in [6.45, 7) is 5.47. The van der Waals surface area contributed by atoms with Crippen LogP contribution in [0.25, 0.3) is 0 Å². The van der Waals surface area contributed by atoms with Crippen LogP contribution in [0, 0.1) is 16.7 Å². The number of aliphatic hydroxyl groups excluding tert-OH is 2. The summed E-state index contributed by atoms with van der Waals surface area (Å²) >= 11 is 1.38. The van der Waals surface area contributed by atoms with Crippen molar-refractivity contribution in [2.75, 3.05) is 25.6 Å². The molecule has 61 heavy (non-hydrogen) atoms. The van der Waals surface area contributed by atoms with Gasteiger partial charge in [-0.15, -0.1) is 11.8 Å². The monoisotopic (exact) mass is 859 g/mol. The molecule has 7 rings (SSSR count). The Morgan fingerprint density at radius 3 is 2.10 bits per heavy atom. The normalized spacial score (nSPS) is 32.4. The summed E-state index contributed by atoms with van der Waals surface area (Å²) in [4.78, 5) is 57.5. The van der Waals surface area contributed by atoms with Gasteiger partial charge in [0.05, 0.1) is 41.8 Å². The van der Waals surface area contributed by atoms with Gasteiger partial charge in [-0.2, -0.15) is 0 Å². The Bertz CT molecular complexity index is 2140. The van der Waals surface area contributed by atoms with Crippen molar-refractivity contribution in [2.45, 2.75) is 94.4 Å². The van der Waals surface area contributed by atoms with Gasteiger partial charge in [0.2, 0.25) is 0 Å². The number of amides is 1. The average molecular weight is 860 g/mol. The first kappa shape index (κ1) is 44.6. The smallest absolute Gasteiger partial charge is 0.338 e. The van der Waals surface area contributed by atoms with E-state index in [1.165, 1.54) is 30.8 Å². The van der Waals surface area contributed by atoms with Crippen molar-refractivity contribution in [3.05, 3.63) is 119 Å². The molecule has 1 saturated heterocycles. The summed E-state index contributed by atoms with van der Waals surface area (Å²) in [5.74, 6) is -4.54. The number of fused-ring (bicyclic) bond motifs is 5. The molecule has 3 fully saturated rings. The number of hydrogen-bond donors (Lipinski definition) is 5. The van der Waals surface area contributed by atoms with E-state index < -0.39 is 101 Å². The highest BCUT2D eigenvalue weighted by Gasteiger charge is 2.76. The van der Waals surface area contributed by atoms with E-state index in [-0.39, 0.29) is 42.5 Å². The first-order valence-corrected chi connectivity index (χ1v) is 21.6. The maximum absolute atomic E-state index is 14.9. The van der Waals surface area contributed by atoms with Crippen LogP contribution in [0.15, 0.2) is 102 Å². The fraction of sp³-hybridized carbons (Fsp3) is 0.478. The third-order valence-corrected chi connectivity index (χ3v) is 13.8. The van der Waals surface area contributed by atoms with Gasteiger partial charge in [-0.25, -0.2) is 9.59 Å². The summed E-state index contributed by atoms with van der Waals surface area (Å²) < 4.78 is 30.0. The zero-order valence-electron chi connectivity index (χ0n) is 34.7. The van der Waals surface area contributed by atoms with Crippen LogP contribution in [0.5, 0.6) is 0 Å². The van der Waals surface area contributed by atoms with Crippen LogP contribution in [0.2, 0.25) is 0 Å². The molecule has 14 nitrogen and oxygen atoms in total. The van der Waals surface area contributed by atoms with Gasteiger partial charge >= 0.3 is 11.9 Å². The lowest BCUT2D eigenvalue weighted by molar-refractivity contribution is -0.343. The second kappa shape index (κ2) is 17.4. The van der Waals surface area contributed by atoms with Crippen LogP contribution >= 0.6 is 11.8 Å². The van der Waals surface area contributed by atoms with E-state index in [2.05, 4.69) is 5.32 Å². The molecule has 2 bridgehead atoms. The molecule has 2 saturated carbocycles. The van der Waals surface area contributed by atoms with Gasteiger partial charge in [-0.3, -0.25) is 9.59 Å². The Labute approximate surface area is 358 Å². The van der Waals surface area contributed by atoms with Crippen molar-refractivity contribution in [2.24, 2.45) is 16.7 Å². The fourth-order valence-electron chi connectivity index (χ4n) is 9.93. The Morgan fingerprint density at radius 2 is 1.51 bits per heavy atom. The highest BCUT2D eigenvalue weighted by atomic mass is 32.2. The number of hydrogen-bond acceptors (Lipinski definition) is 14. The summed E-state index contributed by atoms with van der Waals surface area (Å²) in [5.41, 5.74) is -6.59. The molecule has 1 amide bonds. The Hall–Kier alpha value is -4.45. The van der Waals surface area contributed by atoms with E-state index >= 15 is 0 Å². The van der Waals surface area contributed by atoms with Crippen molar-refractivity contribution >= 4 is 35.4 Å². The average Bonchev–Trinajstić information content (AvgIpc) is 3.25. The maximum atomic E-state index is 14.9. The maximum Gasteiger partial charge on any atom is 0.338 e. The lowest BCUT2D eigenvalue weighted by atomic mass is 9.44. The van der Waals surface area contributed by atoms with E-state index in [4.69, 9.17) is 23.7 Å². The lowest BCUT2D eigenvalue weighted by Crippen LogP contribution is -2.81. The summed E-state index contributed by atoms with van der Waals surface area (Å²) in [5, 5.41) is 52.8. The van der Waals surface area contributed by atoms with Gasteiger partial charge in [0.25, 0.3) is 5.91 Å². The number of esters is 2. The number of aliphatic hydroxyl groups is 4. The van der Waals surface area contributed by atoms with E-state index in [1.54, 1.807) is 99.6 Å². The van der Waals surface area contributed by atoms with Crippen LogP contribution in [0.3, 0.4) is 0 Å². The predicted molar refractivity (Wildman–Crippen MR) is 222 cm³/mol. The minimum Gasteiger partial charge on any atom is -0.456 e. The molecule has 9 unspecified atom stereocenters. The zero-order valence-corrected chi connectivity index (χ0v) is 35.5. The molecule has 15 heteroatoms. The molecule has 11 atom stereocenters.